The van der Waals surface area contributed by atoms with Crippen LogP contribution in [0.3, 0.4) is 0 Å². The van der Waals surface area contributed by atoms with E-state index in [9.17, 15) is 14.0 Å². The minimum atomic E-state index is -0.823. The molecule has 0 amide bonds. The van der Waals surface area contributed by atoms with E-state index in [1.54, 1.807) is 36.4 Å². The van der Waals surface area contributed by atoms with Gasteiger partial charge in [0.25, 0.3) is 0 Å². The molecule has 1 N–H and O–H groups in total. The number of hydrogen-bond acceptors (Lipinski definition) is 3. The van der Waals surface area contributed by atoms with Crippen molar-refractivity contribution in [3.8, 4) is 5.75 Å². The number of carbonyl (C=O) groups is 2. The lowest BCUT2D eigenvalue weighted by Gasteiger charge is -2.14. The van der Waals surface area contributed by atoms with Crippen LogP contribution >= 0.6 is 0 Å². The number of carbonyl (C=O) groups excluding carboxylic acids is 1. The zero-order valence-corrected chi connectivity index (χ0v) is 12.9. The van der Waals surface area contributed by atoms with E-state index in [4.69, 9.17) is 9.84 Å². The zero-order chi connectivity index (χ0) is 17.1. The third-order valence-corrected chi connectivity index (χ3v) is 4.26. The van der Waals surface area contributed by atoms with Crippen LogP contribution in [0.2, 0.25) is 0 Å². The maximum absolute atomic E-state index is 14.3. The van der Waals surface area contributed by atoms with E-state index in [1.165, 1.54) is 12.1 Å². The highest BCUT2D eigenvalue weighted by atomic mass is 19.1. The summed E-state index contributed by atoms with van der Waals surface area (Å²) in [4.78, 5) is 23.2. The number of benzene rings is 2. The van der Waals surface area contributed by atoms with Crippen molar-refractivity contribution in [2.45, 2.75) is 25.4 Å². The summed E-state index contributed by atoms with van der Waals surface area (Å²) in [6, 6.07) is 12.6. The number of aliphatic carboxylic acids is 1. The van der Waals surface area contributed by atoms with E-state index in [2.05, 4.69) is 0 Å². The number of rotatable bonds is 5. The molecule has 0 aliphatic heterocycles. The summed E-state index contributed by atoms with van der Waals surface area (Å²) in [7, 11) is 0. The molecule has 5 heteroatoms. The Morgan fingerprint density at radius 3 is 2.46 bits per heavy atom. The van der Waals surface area contributed by atoms with Crippen LogP contribution in [0.4, 0.5) is 4.39 Å². The van der Waals surface area contributed by atoms with Crippen LogP contribution in [0.5, 0.6) is 5.75 Å². The summed E-state index contributed by atoms with van der Waals surface area (Å²) in [6.45, 7) is 0. The molecule has 0 bridgehead atoms. The highest BCUT2D eigenvalue weighted by Crippen LogP contribution is 2.30. The summed E-state index contributed by atoms with van der Waals surface area (Å²) >= 11 is 0. The normalized spacial score (nSPS) is 19.9. The molecule has 2 aromatic carbocycles. The summed E-state index contributed by atoms with van der Waals surface area (Å²) in [6.07, 6.45) is 1.37. The fourth-order valence-electron chi connectivity index (χ4n) is 2.96. The number of carboxylic acids is 1. The Labute approximate surface area is 138 Å². The van der Waals surface area contributed by atoms with Crippen LogP contribution in [0.25, 0.3) is 0 Å². The lowest BCUT2D eigenvalue weighted by Crippen LogP contribution is -2.15. The van der Waals surface area contributed by atoms with Gasteiger partial charge in [0.15, 0.2) is 5.78 Å². The van der Waals surface area contributed by atoms with E-state index in [-0.39, 0.29) is 17.5 Å². The first-order valence-electron chi connectivity index (χ1n) is 7.83. The molecule has 0 spiro atoms. The molecule has 0 radical (unpaired) electrons. The van der Waals surface area contributed by atoms with Crippen LogP contribution < -0.4 is 4.74 Å². The van der Waals surface area contributed by atoms with Crippen molar-refractivity contribution < 1.29 is 23.8 Å². The molecule has 0 aromatic heterocycles. The van der Waals surface area contributed by atoms with Crippen molar-refractivity contribution in [3.63, 3.8) is 0 Å². The monoisotopic (exact) mass is 328 g/mol. The predicted molar refractivity (Wildman–Crippen MR) is 85.7 cm³/mol. The number of carboxylic acid groups (broad SMARTS) is 1. The van der Waals surface area contributed by atoms with Gasteiger partial charge in [-0.05, 0) is 31.4 Å². The quantitative estimate of drug-likeness (QED) is 0.850. The first-order chi connectivity index (χ1) is 11.5. The topological polar surface area (TPSA) is 63.6 Å². The summed E-state index contributed by atoms with van der Waals surface area (Å²) in [5.74, 6) is -1.94. The predicted octanol–water partition coefficient (Wildman–Crippen LogP) is 3.69. The Hall–Kier alpha value is -2.69. The molecule has 3 rings (SSSR count). The molecular formula is C19H17FO4. The van der Waals surface area contributed by atoms with Gasteiger partial charge in [0.2, 0.25) is 0 Å². The van der Waals surface area contributed by atoms with Crippen molar-refractivity contribution in [3.05, 3.63) is 65.5 Å². The van der Waals surface area contributed by atoms with Crippen molar-refractivity contribution in [1.82, 2.24) is 0 Å². The molecule has 0 saturated heterocycles. The van der Waals surface area contributed by atoms with Gasteiger partial charge < -0.3 is 9.84 Å². The standard InChI is InChI=1S/C19H17FO4/c20-17-11-15(24-14-7-6-13(10-14)19(22)23)8-9-16(17)18(21)12-4-2-1-3-5-12/h1-5,8-9,11,13-14H,6-7,10H2,(H,22,23)/t13-,14-/m0/s1. The molecule has 124 valence electrons. The van der Waals surface area contributed by atoms with Crippen LogP contribution in [0.1, 0.15) is 35.2 Å². The Balaban J connectivity index is 1.71. The van der Waals surface area contributed by atoms with E-state index in [0.29, 0.717) is 30.6 Å². The number of ether oxygens (including phenoxy) is 1. The Kier molecular flexibility index (Phi) is 4.60. The third kappa shape index (κ3) is 3.45. The molecule has 1 saturated carbocycles. The summed E-state index contributed by atoms with van der Waals surface area (Å²) in [5, 5.41) is 8.99. The van der Waals surface area contributed by atoms with Crippen molar-refractivity contribution in [1.29, 1.82) is 0 Å². The van der Waals surface area contributed by atoms with Gasteiger partial charge in [0.1, 0.15) is 11.6 Å². The largest absolute Gasteiger partial charge is 0.490 e. The molecule has 0 unspecified atom stereocenters. The fraction of sp³-hybridized carbons (Fsp3) is 0.263. The zero-order valence-electron chi connectivity index (χ0n) is 12.9. The molecule has 2 atom stereocenters. The van der Waals surface area contributed by atoms with Gasteiger partial charge in [-0.2, -0.15) is 0 Å². The van der Waals surface area contributed by atoms with Gasteiger partial charge in [-0.1, -0.05) is 30.3 Å². The lowest BCUT2D eigenvalue weighted by molar-refractivity contribution is -0.141. The smallest absolute Gasteiger partial charge is 0.306 e. The Morgan fingerprint density at radius 1 is 1.08 bits per heavy atom. The second kappa shape index (κ2) is 6.83. The molecule has 4 nitrogen and oxygen atoms in total. The first kappa shape index (κ1) is 16.2. The SMILES string of the molecule is O=C(c1ccccc1)c1ccc(O[C@H]2CC[C@H](C(=O)O)C2)cc1F. The number of ketones is 1. The molecular weight excluding hydrogens is 311 g/mol. The maximum atomic E-state index is 14.3. The van der Waals surface area contributed by atoms with Crippen LogP contribution in [0.15, 0.2) is 48.5 Å². The number of halogens is 1. The van der Waals surface area contributed by atoms with E-state index < -0.39 is 17.7 Å². The highest BCUT2D eigenvalue weighted by molar-refractivity contribution is 6.09. The van der Waals surface area contributed by atoms with E-state index >= 15 is 0 Å². The van der Waals surface area contributed by atoms with Crippen LogP contribution in [-0.2, 0) is 4.79 Å². The molecule has 0 heterocycles. The van der Waals surface area contributed by atoms with Crippen molar-refractivity contribution in [2.75, 3.05) is 0 Å². The summed E-state index contributed by atoms with van der Waals surface area (Å²) < 4.78 is 19.9. The van der Waals surface area contributed by atoms with Gasteiger partial charge >= 0.3 is 5.97 Å². The molecule has 1 fully saturated rings. The minimum Gasteiger partial charge on any atom is -0.490 e. The van der Waals surface area contributed by atoms with Gasteiger partial charge in [-0.3, -0.25) is 9.59 Å². The molecule has 24 heavy (non-hydrogen) atoms. The average Bonchev–Trinajstić information content (AvgIpc) is 3.04. The average molecular weight is 328 g/mol. The third-order valence-electron chi connectivity index (χ3n) is 4.26. The highest BCUT2D eigenvalue weighted by Gasteiger charge is 2.31. The second-order valence-electron chi connectivity index (χ2n) is 5.92. The van der Waals surface area contributed by atoms with Crippen LogP contribution in [0, 0.1) is 11.7 Å². The molecule has 1 aliphatic rings. The lowest BCUT2D eigenvalue weighted by atomic mass is 10.0. The van der Waals surface area contributed by atoms with Crippen molar-refractivity contribution in [2.24, 2.45) is 5.92 Å². The Morgan fingerprint density at radius 2 is 1.83 bits per heavy atom. The molecule has 1 aliphatic carbocycles. The Bertz CT molecular complexity index is 757. The minimum absolute atomic E-state index is 0.0108. The number of hydrogen-bond donors (Lipinski definition) is 1. The van der Waals surface area contributed by atoms with E-state index in [1.807, 2.05) is 0 Å². The van der Waals surface area contributed by atoms with Crippen LogP contribution in [-0.4, -0.2) is 23.0 Å². The van der Waals surface area contributed by atoms with Gasteiger partial charge in [-0.25, -0.2) is 4.39 Å². The van der Waals surface area contributed by atoms with Gasteiger partial charge in [0, 0.05) is 11.6 Å². The van der Waals surface area contributed by atoms with Crippen molar-refractivity contribution >= 4 is 11.8 Å². The second-order valence-corrected chi connectivity index (χ2v) is 5.92. The maximum Gasteiger partial charge on any atom is 0.306 e. The molecule has 2 aromatic rings. The summed E-state index contributed by atoms with van der Waals surface area (Å²) in [5.41, 5.74) is 0.411. The van der Waals surface area contributed by atoms with Gasteiger partial charge in [-0.15, -0.1) is 0 Å². The fourth-order valence-corrected chi connectivity index (χ4v) is 2.96. The van der Waals surface area contributed by atoms with E-state index in [0.717, 1.165) is 0 Å². The van der Waals surface area contributed by atoms with Gasteiger partial charge in [0.05, 0.1) is 17.6 Å². The first-order valence-corrected chi connectivity index (χ1v) is 7.83.